The van der Waals surface area contributed by atoms with Gasteiger partial charge in [-0.3, -0.25) is 0 Å². The molecule has 90 valence electrons. The fourth-order valence-corrected chi connectivity index (χ4v) is 2.56. The predicted octanol–water partition coefficient (Wildman–Crippen LogP) is 3.36. The lowest BCUT2D eigenvalue weighted by Gasteiger charge is -2.07. The molecule has 0 spiro atoms. The maximum absolute atomic E-state index is 4.47. The molecule has 0 aliphatic rings. The number of aromatic nitrogens is 2. The van der Waals surface area contributed by atoms with Crippen LogP contribution in [0.5, 0.6) is 0 Å². The molecule has 0 saturated carbocycles. The first kappa shape index (κ1) is 11.9. The molecule has 2 rings (SSSR count). The Morgan fingerprint density at radius 2 is 2.35 bits per heavy atom. The second-order valence-corrected chi connectivity index (χ2v) is 5.03. The van der Waals surface area contributed by atoms with Crippen molar-refractivity contribution in [2.75, 3.05) is 5.32 Å². The maximum atomic E-state index is 4.47. The number of thiophene rings is 1. The van der Waals surface area contributed by atoms with Gasteiger partial charge in [0.2, 0.25) is 5.95 Å². The summed E-state index contributed by atoms with van der Waals surface area (Å²) in [5, 5.41) is 5.50. The SMILES string of the molecule is C=CCn1cc(C)nc1NCc1sccc1C. The van der Waals surface area contributed by atoms with Crippen LogP contribution in [0, 0.1) is 13.8 Å². The normalized spacial score (nSPS) is 10.5. The second kappa shape index (κ2) is 5.19. The van der Waals surface area contributed by atoms with E-state index in [9.17, 15) is 0 Å². The lowest BCUT2D eigenvalue weighted by atomic mass is 10.3. The van der Waals surface area contributed by atoms with Crippen LogP contribution >= 0.6 is 11.3 Å². The van der Waals surface area contributed by atoms with Gasteiger partial charge < -0.3 is 9.88 Å². The average molecular weight is 247 g/mol. The topological polar surface area (TPSA) is 29.9 Å². The highest BCUT2D eigenvalue weighted by Crippen LogP contribution is 2.17. The van der Waals surface area contributed by atoms with Gasteiger partial charge in [-0.2, -0.15) is 0 Å². The smallest absolute Gasteiger partial charge is 0.203 e. The van der Waals surface area contributed by atoms with E-state index in [-0.39, 0.29) is 0 Å². The van der Waals surface area contributed by atoms with Crippen LogP contribution in [0.2, 0.25) is 0 Å². The van der Waals surface area contributed by atoms with E-state index in [0.717, 1.165) is 24.7 Å². The summed E-state index contributed by atoms with van der Waals surface area (Å²) in [6.07, 6.45) is 3.91. The molecule has 0 bridgehead atoms. The van der Waals surface area contributed by atoms with E-state index in [0.29, 0.717) is 0 Å². The first-order valence-corrected chi connectivity index (χ1v) is 6.50. The summed E-state index contributed by atoms with van der Waals surface area (Å²) in [6, 6.07) is 2.14. The average Bonchev–Trinajstić information content (AvgIpc) is 2.83. The molecular formula is C13H17N3S. The highest BCUT2D eigenvalue weighted by atomic mass is 32.1. The van der Waals surface area contributed by atoms with Crippen LogP contribution in [0.25, 0.3) is 0 Å². The number of nitrogens with zero attached hydrogens (tertiary/aromatic N) is 2. The van der Waals surface area contributed by atoms with Crippen LogP contribution in [0.1, 0.15) is 16.1 Å². The number of hydrogen-bond acceptors (Lipinski definition) is 3. The van der Waals surface area contributed by atoms with Crippen molar-refractivity contribution in [2.24, 2.45) is 0 Å². The van der Waals surface area contributed by atoms with Crippen LogP contribution < -0.4 is 5.32 Å². The molecule has 0 aliphatic heterocycles. The van der Waals surface area contributed by atoms with Gasteiger partial charge in [0.15, 0.2) is 0 Å². The Morgan fingerprint density at radius 1 is 1.53 bits per heavy atom. The standard InChI is InChI=1S/C13H17N3S/c1-4-6-16-9-11(3)15-13(16)14-8-12-10(2)5-7-17-12/h4-5,7,9H,1,6,8H2,2-3H3,(H,14,15). The van der Waals surface area contributed by atoms with Crippen LogP contribution in [0.3, 0.4) is 0 Å². The number of hydrogen-bond donors (Lipinski definition) is 1. The van der Waals surface area contributed by atoms with E-state index in [1.165, 1.54) is 10.4 Å². The first-order chi connectivity index (χ1) is 8.20. The first-order valence-electron chi connectivity index (χ1n) is 5.62. The van der Waals surface area contributed by atoms with Crippen molar-refractivity contribution in [2.45, 2.75) is 26.9 Å². The molecule has 3 nitrogen and oxygen atoms in total. The Morgan fingerprint density at radius 3 is 3.00 bits per heavy atom. The Labute approximate surface area is 106 Å². The number of nitrogens with one attached hydrogen (secondary N) is 1. The van der Waals surface area contributed by atoms with Gasteiger partial charge in [-0.25, -0.2) is 4.98 Å². The number of aryl methyl sites for hydroxylation is 2. The summed E-state index contributed by atoms with van der Waals surface area (Å²) >= 11 is 1.78. The Bertz CT molecular complexity index is 510. The van der Waals surface area contributed by atoms with Gasteiger partial charge in [0.25, 0.3) is 0 Å². The molecular weight excluding hydrogens is 230 g/mol. The van der Waals surface area contributed by atoms with Gasteiger partial charge in [-0.05, 0) is 30.9 Å². The van der Waals surface area contributed by atoms with Crippen LogP contribution in [-0.2, 0) is 13.1 Å². The highest BCUT2D eigenvalue weighted by Gasteiger charge is 2.05. The largest absolute Gasteiger partial charge is 0.351 e. The number of imidazole rings is 1. The van der Waals surface area contributed by atoms with Gasteiger partial charge in [0.05, 0.1) is 12.2 Å². The number of anilines is 1. The molecule has 2 aromatic rings. The molecule has 0 saturated heterocycles. The van der Waals surface area contributed by atoms with Gasteiger partial charge in [0, 0.05) is 17.6 Å². The summed E-state index contributed by atoms with van der Waals surface area (Å²) in [4.78, 5) is 5.82. The second-order valence-electron chi connectivity index (χ2n) is 4.03. The molecule has 4 heteroatoms. The quantitative estimate of drug-likeness (QED) is 0.821. The molecule has 0 aromatic carbocycles. The van der Waals surface area contributed by atoms with Crippen molar-refractivity contribution in [1.82, 2.24) is 9.55 Å². The minimum Gasteiger partial charge on any atom is -0.351 e. The molecule has 2 heterocycles. The lowest BCUT2D eigenvalue weighted by molar-refractivity contribution is 0.820. The third-order valence-corrected chi connectivity index (χ3v) is 3.62. The van der Waals surface area contributed by atoms with E-state index in [2.05, 4.69) is 39.8 Å². The predicted molar refractivity (Wildman–Crippen MR) is 73.5 cm³/mol. The molecule has 17 heavy (non-hydrogen) atoms. The van der Waals surface area contributed by atoms with Gasteiger partial charge in [-0.15, -0.1) is 17.9 Å². The molecule has 0 radical (unpaired) electrons. The summed E-state index contributed by atoms with van der Waals surface area (Å²) in [6.45, 7) is 9.51. The third-order valence-electron chi connectivity index (χ3n) is 2.60. The third kappa shape index (κ3) is 2.77. The van der Waals surface area contributed by atoms with Gasteiger partial charge in [0.1, 0.15) is 0 Å². The lowest BCUT2D eigenvalue weighted by Crippen LogP contribution is -2.06. The molecule has 0 atom stereocenters. The van der Waals surface area contributed by atoms with E-state index in [1.54, 1.807) is 11.3 Å². The van der Waals surface area contributed by atoms with Crippen molar-refractivity contribution < 1.29 is 0 Å². The van der Waals surface area contributed by atoms with Crippen molar-refractivity contribution in [1.29, 1.82) is 0 Å². The van der Waals surface area contributed by atoms with E-state index >= 15 is 0 Å². The van der Waals surface area contributed by atoms with E-state index < -0.39 is 0 Å². The minimum atomic E-state index is 0.784. The summed E-state index contributed by atoms with van der Waals surface area (Å²) < 4.78 is 2.07. The molecule has 0 fully saturated rings. The van der Waals surface area contributed by atoms with Crippen LogP contribution in [0.4, 0.5) is 5.95 Å². The van der Waals surface area contributed by atoms with Crippen molar-refractivity contribution in [3.05, 3.63) is 46.4 Å². The van der Waals surface area contributed by atoms with Crippen molar-refractivity contribution in [3.8, 4) is 0 Å². The van der Waals surface area contributed by atoms with E-state index in [4.69, 9.17) is 0 Å². The van der Waals surface area contributed by atoms with Crippen LogP contribution in [0.15, 0.2) is 30.3 Å². The monoisotopic (exact) mass is 247 g/mol. The summed E-state index contributed by atoms with van der Waals surface area (Å²) in [5.41, 5.74) is 2.36. The summed E-state index contributed by atoms with van der Waals surface area (Å²) in [7, 11) is 0. The fourth-order valence-electron chi connectivity index (χ4n) is 1.71. The molecule has 2 aromatic heterocycles. The number of rotatable bonds is 5. The van der Waals surface area contributed by atoms with Gasteiger partial charge >= 0.3 is 0 Å². The summed E-state index contributed by atoms with van der Waals surface area (Å²) in [5.74, 6) is 0.912. The zero-order valence-corrected chi connectivity index (χ0v) is 11.0. The fraction of sp³-hybridized carbons (Fsp3) is 0.308. The highest BCUT2D eigenvalue weighted by molar-refractivity contribution is 7.10. The Balaban J connectivity index is 2.08. The molecule has 1 N–H and O–H groups in total. The zero-order chi connectivity index (χ0) is 12.3. The number of allylic oxidation sites excluding steroid dienone is 1. The minimum absolute atomic E-state index is 0.784. The molecule has 0 amide bonds. The van der Waals surface area contributed by atoms with Crippen molar-refractivity contribution >= 4 is 17.3 Å². The Hall–Kier alpha value is -1.55. The zero-order valence-electron chi connectivity index (χ0n) is 10.2. The van der Waals surface area contributed by atoms with Crippen LogP contribution in [-0.4, -0.2) is 9.55 Å². The van der Waals surface area contributed by atoms with Gasteiger partial charge in [-0.1, -0.05) is 6.08 Å². The Kier molecular flexibility index (Phi) is 3.64. The molecule has 0 unspecified atom stereocenters. The van der Waals surface area contributed by atoms with Crippen molar-refractivity contribution in [3.63, 3.8) is 0 Å². The van der Waals surface area contributed by atoms with E-state index in [1.807, 2.05) is 19.2 Å². The molecule has 0 aliphatic carbocycles. The maximum Gasteiger partial charge on any atom is 0.203 e.